The Morgan fingerprint density at radius 2 is 1.79 bits per heavy atom. The number of nitrogens with zero attached hydrogens (tertiary/aromatic N) is 5. The number of hydrogen-bond donors (Lipinski definition) is 0. The lowest BCUT2D eigenvalue weighted by molar-refractivity contribution is 0.0676. The maximum absolute atomic E-state index is 12.7. The molecule has 0 aliphatic carbocycles. The van der Waals surface area contributed by atoms with Crippen LogP contribution in [0.15, 0.2) is 42.5 Å². The van der Waals surface area contributed by atoms with Gasteiger partial charge in [0.25, 0.3) is 5.91 Å². The first-order valence-electron chi connectivity index (χ1n) is 10.3. The van der Waals surface area contributed by atoms with E-state index in [9.17, 15) is 4.79 Å². The van der Waals surface area contributed by atoms with E-state index in [1.807, 2.05) is 17.0 Å². The van der Waals surface area contributed by atoms with Gasteiger partial charge in [0, 0.05) is 45.8 Å². The first-order valence-corrected chi connectivity index (χ1v) is 10.3. The highest BCUT2D eigenvalue weighted by Gasteiger charge is 2.24. The van der Waals surface area contributed by atoms with Crippen molar-refractivity contribution < 1.29 is 4.79 Å². The number of benzene rings is 1. The van der Waals surface area contributed by atoms with Gasteiger partial charge in [-0.05, 0) is 36.5 Å². The van der Waals surface area contributed by atoms with Crippen LogP contribution in [0.4, 0.5) is 5.82 Å². The van der Waals surface area contributed by atoms with Crippen molar-refractivity contribution in [3.05, 3.63) is 53.7 Å². The summed E-state index contributed by atoms with van der Waals surface area (Å²) in [6.45, 7) is 8.71. The SMILES string of the molecule is CC1CCCN(C(=O)c2ccc(N3CCN(Cc4ccccc4)CC3)nn2)C1. The third kappa shape index (κ3) is 4.50. The lowest BCUT2D eigenvalue weighted by atomic mass is 10.00. The summed E-state index contributed by atoms with van der Waals surface area (Å²) in [6, 6.07) is 14.4. The van der Waals surface area contributed by atoms with E-state index in [1.54, 1.807) is 0 Å². The smallest absolute Gasteiger partial charge is 0.274 e. The average molecular weight is 380 g/mol. The standard InChI is InChI=1S/C22H29N5O/c1-18-6-5-11-27(16-18)22(28)20-9-10-21(24-23-20)26-14-12-25(13-15-26)17-19-7-3-2-4-8-19/h2-4,7-10,18H,5-6,11-17H2,1H3. The summed E-state index contributed by atoms with van der Waals surface area (Å²) in [7, 11) is 0. The number of carbonyl (C=O) groups excluding carboxylic acids is 1. The van der Waals surface area contributed by atoms with E-state index in [0.29, 0.717) is 11.6 Å². The molecule has 2 aromatic rings. The minimum Gasteiger partial charge on any atom is -0.353 e. The summed E-state index contributed by atoms with van der Waals surface area (Å²) in [6.07, 6.45) is 2.27. The topological polar surface area (TPSA) is 52.6 Å². The highest BCUT2D eigenvalue weighted by atomic mass is 16.2. The Balaban J connectivity index is 1.31. The fourth-order valence-electron chi connectivity index (χ4n) is 4.12. The van der Waals surface area contributed by atoms with Gasteiger partial charge >= 0.3 is 0 Å². The van der Waals surface area contributed by atoms with Gasteiger partial charge in [0.15, 0.2) is 11.5 Å². The number of likely N-dealkylation sites (tertiary alicyclic amines) is 1. The lowest BCUT2D eigenvalue weighted by Crippen LogP contribution is -2.46. The summed E-state index contributed by atoms with van der Waals surface area (Å²) in [5.74, 6) is 1.44. The lowest BCUT2D eigenvalue weighted by Gasteiger charge is -2.35. The van der Waals surface area contributed by atoms with Crippen LogP contribution in [0, 0.1) is 5.92 Å². The second-order valence-electron chi connectivity index (χ2n) is 8.02. The number of hydrogen-bond acceptors (Lipinski definition) is 5. The molecule has 1 atom stereocenters. The Bertz CT molecular complexity index is 771. The van der Waals surface area contributed by atoms with Gasteiger partial charge in [-0.2, -0.15) is 0 Å². The minimum absolute atomic E-state index is 0.0123. The highest BCUT2D eigenvalue weighted by Crippen LogP contribution is 2.19. The Hall–Kier alpha value is -2.47. The zero-order valence-electron chi connectivity index (χ0n) is 16.6. The number of aromatic nitrogens is 2. The molecule has 1 aromatic carbocycles. The number of piperidine rings is 1. The molecule has 1 unspecified atom stereocenters. The van der Waals surface area contributed by atoms with Gasteiger partial charge in [0.05, 0.1) is 0 Å². The second-order valence-corrected chi connectivity index (χ2v) is 8.02. The molecule has 4 rings (SSSR count). The number of carbonyl (C=O) groups is 1. The maximum atomic E-state index is 12.7. The Morgan fingerprint density at radius 3 is 2.46 bits per heavy atom. The molecule has 0 bridgehead atoms. The van der Waals surface area contributed by atoms with Crippen molar-refractivity contribution in [2.75, 3.05) is 44.2 Å². The Kier molecular flexibility index (Phi) is 5.86. The van der Waals surface area contributed by atoms with Gasteiger partial charge in [-0.15, -0.1) is 10.2 Å². The molecular formula is C22H29N5O. The molecule has 0 radical (unpaired) electrons. The monoisotopic (exact) mass is 379 g/mol. The molecule has 0 spiro atoms. The molecule has 148 valence electrons. The van der Waals surface area contributed by atoms with Crippen molar-refractivity contribution in [3.63, 3.8) is 0 Å². The minimum atomic E-state index is 0.0123. The molecular weight excluding hydrogens is 350 g/mol. The van der Waals surface area contributed by atoms with Crippen molar-refractivity contribution in [2.24, 2.45) is 5.92 Å². The number of amides is 1. The zero-order chi connectivity index (χ0) is 19.3. The van der Waals surface area contributed by atoms with Crippen LogP contribution in [0.5, 0.6) is 0 Å². The van der Waals surface area contributed by atoms with E-state index < -0.39 is 0 Å². The summed E-state index contributed by atoms with van der Waals surface area (Å²) in [5, 5.41) is 8.60. The predicted octanol–water partition coefficient (Wildman–Crippen LogP) is 2.67. The fourth-order valence-corrected chi connectivity index (χ4v) is 4.12. The van der Waals surface area contributed by atoms with E-state index >= 15 is 0 Å². The normalized spacial score (nSPS) is 21.0. The largest absolute Gasteiger partial charge is 0.353 e. The molecule has 2 aliphatic rings. The van der Waals surface area contributed by atoms with Crippen LogP contribution in [0.25, 0.3) is 0 Å². The molecule has 28 heavy (non-hydrogen) atoms. The molecule has 6 heteroatoms. The summed E-state index contributed by atoms with van der Waals surface area (Å²) >= 11 is 0. The van der Waals surface area contributed by atoms with Crippen LogP contribution in [-0.4, -0.2) is 65.2 Å². The zero-order valence-corrected chi connectivity index (χ0v) is 16.6. The Morgan fingerprint density at radius 1 is 1.00 bits per heavy atom. The van der Waals surface area contributed by atoms with E-state index in [-0.39, 0.29) is 5.91 Å². The van der Waals surface area contributed by atoms with Gasteiger partial charge in [-0.3, -0.25) is 9.69 Å². The molecule has 2 fully saturated rings. The highest BCUT2D eigenvalue weighted by molar-refractivity contribution is 5.92. The fraction of sp³-hybridized carbons (Fsp3) is 0.500. The van der Waals surface area contributed by atoms with Crippen LogP contribution in [0.2, 0.25) is 0 Å². The first-order chi connectivity index (χ1) is 13.7. The van der Waals surface area contributed by atoms with Crippen LogP contribution < -0.4 is 4.90 Å². The van der Waals surface area contributed by atoms with Gasteiger partial charge in [-0.25, -0.2) is 0 Å². The van der Waals surface area contributed by atoms with Gasteiger partial charge in [0.1, 0.15) is 0 Å². The van der Waals surface area contributed by atoms with Crippen molar-refractivity contribution in [1.29, 1.82) is 0 Å². The Labute approximate surface area is 167 Å². The average Bonchev–Trinajstić information content (AvgIpc) is 2.75. The van der Waals surface area contributed by atoms with E-state index in [1.165, 1.54) is 12.0 Å². The van der Waals surface area contributed by atoms with Crippen molar-refractivity contribution >= 4 is 11.7 Å². The van der Waals surface area contributed by atoms with Crippen LogP contribution >= 0.6 is 0 Å². The molecule has 2 saturated heterocycles. The molecule has 2 aliphatic heterocycles. The molecule has 6 nitrogen and oxygen atoms in total. The second kappa shape index (κ2) is 8.69. The van der Waals surface area contributed by atoms with E-state index in [4.69, 9.17) is 0 Å². The predicted molar refractivity (Wildman–Crippen MR) is 110 cm³/mol. The van der Waals surface area contributed by atoms with Crippen LogP contribution in [0.3, 0.4) is 0 Å². The molecule has 1 aromatic heterocycles. The third-order valence-electron chi connectivity index (χ3n) is 5.76. The summed E-state index contributed by atoms with van der Waals surface area (Å²) in [4.78, 5) is 19.3. The molecule has 0 N–H and O–H groups in total. The summed E-state index contributed by atoms with van der Waals surface area (Å²) < 4.78 is 0. The molecule has 1 amide bonds. The first kappa shape index (κ1) is 18.9. The van der Waals surface area contributed by atoms with E-state index in [0.717, 1.165) is 58.1 Å². The van der Waals surface area contributed by atoms with E-state index in [2.05, 4.69) is 57.3 Å². The van der Waals surface area contributed by atoms with Crippen LogP contribution in [-0.2, 0) is 6.54 Å². The summed E-state index contributed by atoms with van der Waals surface area (Å²) in [5.41, 5.74) is 1.81. The van der Waals surface area contributed by atoms with Gasteiger partial charge in [0.2, 0.25) is 0 Å². The van der Waals surface area contributed by atoms with Crippen molar-refractivity contribution in [3.8, 4) is 0 Å². The van der Waals surface area contributed by atoms with Crippen molar-refractivity contribution in [1.82, 2.24) is 20.0 Å². The molecule has 3 heterocycles. The quantitative estimate of drug-likeness (QED) is 0.818. The van der Waals surface area contributed by atoms with Crippen LogP contribution in [0.1, 0.15) is 35.8 Å². The molecule has 0 saturated carbocycles. The maximum Gasteiger partial charge on any atom is 0.274 e. The number of rotatable bonds is 4. The van der Waals surface area contributed by atoms with Gasteiger partial charge < -0.3 is 9.80 Å². The number of piperazine rings is 1. The van der Waals surface area contributed by atoms with Gasteiger partial charge in [-0.1, -0.05) is 37.3 Å². The number of anilines is 1. The third-order valence-corrected chi connectivity index (χ3v) is 5.76. The van der Waals surface area contributed by atoms with Crippen molar-refractivity contribution in [2.45, 2.75) is 26.3 Å².